The summed E-state index contributed by atoms with van der Waals surface area (Å²) in [5.41, 5.74) is 0.693. The van der Waals surface area contributed by atoms with Gasteiger partial charge in [0.2, 0.25) is 0 Å². The minimum Gasteiger partial charge on any atom is -0.508 e. The van der Waals surface area contributed by atoms with E-state index in [1.54, 1.807) is 24.3 Å². The number of phenolic OH excluding ortho intramolecular Hbond substituents is 1. The predicted octanol–water partition coefficient (Wildman–Crippen LogP) is 4.64. The number of hydrogen-bond acceptors (Lipinski definition) is 1. The molecule has 0 amide bonds. The maximum absolute atomic E-state index is 13.1. The van der Waals surface area contributed by atoms with E-state index >= 15 is 0 Å². The average molecular weight is 264 g/mol. The van der Waals surface area contributed by atoms with E-state index in [2.05, 4.69) is 0 Å². The average Bonchev–Trinajstić information content (AvgIpc) is 2.39. The molecule has 0 radical (unpaired) electrons. The Morgan fingerprint density at radius 1 is 0.895 bits per heavy atom. The highest BCUT2D eigenvalue weighted by Gasteiger charge is 2.12. The van der Waals surface area contributed by atoms with Crippen LogP contribution in [0.2, 0.25) is 0 Å². The third-order valence-corrected chi connectivity index (χ3v) is 2.62. The zero-order valence-electron chi connectivity index (χ0n) is 9.85. The molecule has 1 nitrogen and oxygen atoms in total. The first-order valence-electron chi connectivity index (χ1n) is 5.61. The van der Waals surface area contributed by atoms with Crippen LogP contribution in [0.1, 0.15) is 23.1 Å². The molecule has 4 heteroatoms. The molecule has 19 heavy (non-hydrogen) atoms. The maximum Gasteiger partial charge on any atom is 0.266 e. The van der Waals surface area contributed by atoms with Crippen LogP contribution < -0.4 is 0 Å². The molecule has 0 saturated carbocycles. The number of rotatable bonds is 3. The lowest BCUT2D eigenvalue weighted by Crippen LogP contribution is -1.90. The number of halogens is 3. The van der Waals surface area contributed by atoms with Crippen LogP contribution in [0.4, 0.5) is 13.2 Å². The van der Waals surface area contributed by atoms with Crippen molar-refractivity contribution in [3.8, 4) is 5.75 Å². The second kappa shape index (κ2) is 5.61. The van der Waals surface area contributed by atoms with E-state index < -0.39 is 17.8 Å². The standard InChI is InChI=1S/C15H11F3O/c16-14-8-5-11(9-13(14)15(17)18)2-1-10-3-6-12(19)7-4-10/h1-9,15,19H/b2-1+. The monoisotopic (exact) mass is 264 g/mol. The van der Waals surface area contributed by atoms with E-state index in [0.717, 1.165) is 17.7 Å². The molecule has 2 aromatic rings. The van der Waals surface area contributed by atoms with Crippen molar-refractivity contribution in [3.63, 3.8) is 0 Å². The molecular formula is C15H11F3O. The van der Waals surface area contributed by atoms with Gasteiger partial charge in [0.05, 0.1) is 5.56 Å². The summed E-state index contributed by atoms with van der Waals surface area (Å²) in [5, 5.41) is 9.12. The molecule has 0 aliphatic carbocycles. The highest BCUT2D eigenvalue weighted by molar-refractivity contribution is 5.70. The number of hydrogen-bond donors (Lipinski definition) is 1. The molecule has 0 atom stereocenters. The summed E-state index contributed by atoms with van der Waals surface area (Å²) >= 11 is 0. The van der Waals surface area contributed by atoms with Gasteiger partial charge in [-0.25, -0.2) is 13.2 Å². The first kappa shape index (κ1) is 13.2. The van der Waals surface area contributed by atoms with Gasteiger partial charge in [-0.2, -0.15) is 0 Å². The molecule has 2 aromatic carbocycles. The van der Waals surface area contributed by atoms with Crippen molar-refractivity contribution in [1.82, 2.24) is 0 Å². The van der Waals surface area contributed by atoms with Gasteiger partial charge in [-0.1, -0.05) is 30.4 Å². The fourth-order valence-electron chi connectivity index (χ4n) is 1.61. The molecular weight excluding hydrogens is 253 g/mol. The fourth-order valence-corrected chi connectivity index (χ4v) is 1.61. The molecule has 0 bridgehead atoms. The number of aromatic hydroxyl groups is 1. The Bertz CT molecular complexity index is 589. The molecule has 0 unspecified atom stereocenters. The van der Waals surface area contributed by atoms with Crippen LogP contribution in [0.5, 0.6) is 5.75 Å². The molecule has 0 saturated heterocycles. The van der Waals surface area contributed by atoms with E-state index in [9.17, 15) is 13.2 Å². The molecule has 0 heterocycles. The van der Waals surface area contributed by atoms with Gasteiger partial charge in [0.15, 0.2) is 0 Å². The van der Waals surface area contributed by atoms with Gasteiger partial charge in [0, 0.05) is 0 Å². The van der Waals surface area contributed by atoms with Crippen LogP contribution in [-0.4, -0.2) is 5.11 Å². The topological polar surface area (TPSA) is 20.2 Å². The lowest BCUT2D eigenvalue weighted by atomic mass is 10.1. The normalized spacial score (nSPS) is 11.4. The van der Waals surface area contributed by atoms with Gasteiger partial charge in [0.25, 0.3) is 6.43 Å². The van der Waals surface area contributed by atoms with Gasteiger partial charge in [-0.15, -0.1) is 0 Å². The summed E-state index contributed by atoms with van der Waals surface area (Å²) in [6.07, 6.45) is 0.474. The lowest BCUT2D eigenvalue weighted by Gasteiger charge is -2.03. The molecule has 2 rings (SSSR count). The van der Waals surface area contributed by atoms with E-state index in [4.69, 9.17) is 5.11 Å². The van der Waals surface area contributed by atoms with Crippen LogP contribution >= 0.6 is 0 Å². The molecule has 1 N–H and O–H groups in total. The van der Waals surface area contributed by atoms with Crippen molar-refractivity contribution in [2.45, 2.75) is 6.43 Å². The number of alkyl halides is 2. The summed E-state index contributed by atoms with van der Waals surface area (Å²) in [6, 6.07) is 9.99. The predicted molar refractivity (Wildman–Crippen MR) is 68.4 cm³/mol. The molecule has 0 spiro atoms. The molecule has 0 aliphatic heterocycles. The smallest absolute Gasteiger partial charge is 0.266 e. The zero-order chi connectivity index (χ0) is 13.8. The zero-order valence-corrected chi connectivity index (χ0v) is 9.85. The van der Waals surface area contributed by atoms with Crippen LogP contribution in [0, 0.1) is 5.82 Å². The highest BCUT2D eigenvalue weighted by Crippen LogP contribution is 2.24. The Hall–Kier alpha value is -2.23. The van der Waals surface area contributed by atoms with E-state index in [0.29, 0.717) is 5.56 Å². The Kier molecular flexibility index (Phi) is 3.90. The summed E-state index contributed by atoms with van der Waals surface area (Å²) in [7, 11) is 0. The quantitative estimate of drug-likeness (QED) is 0.801. The Balaban J connectivity index is 2.23. The van der Waals surface area contributed by atoms with Crippen molar-refractivity contribution >= 4 is 12.2 Å². The molecule has 98 valence electrons. The van der Waals surface area contributed by atoms with Crippen molar-refractivity contribution in [3.05, 3.63) is 65.0 Å². The van der Waals surface area contributed by atoms with Gasteiger partial charge in [0.1, 0.15) is 11.6 Å². The molecule has 0 aromatic heterocycles. The van der Waals surface area contributed by atoms with Crippen LogP contribution in [-0.2, 0) is 0 Å². The Morgan fingerprint density at radius 2 is 1.47 bits per heavy atom. The third-order valence-electron chi connectivity index (χ3n) is 2.62. The van der Waals surface area contributed by atoms with Crippen molar-refractivity contribution in [1.29, 1.82) is 0 Å². The minimum atomic E-state index is -2.83. The van der Waals surface area contributed by atoms with Crippen LogP contribution in [0.15, 0.2) is 42.5 Å². The van der Waals surface area contributed by atoms with Gasteiger partial charge in [-0.3, -0.25) is 0 Å². The Morgan fingerprint density at radius 3 is 2.11 bits per heavy atom. The van der Waals surface area contributed by atoms with Crippen molar-refractivity contribution in [2.75, 3.05) is 0 Å². The highest BCUT2D eigenvalue weighted by atomic mass is 19.3. The Labute approximate surface area is 108 Å². The maximum atomic E-state index is 13.1. The lowest BCUT2D eigenvalue weighted by molar-refractivity contribution is 0.146. The number of benzene rings is 2. The summed E-state index contributed by atoms with van der Waals surface area (Å²) in [5.74, 6) is -0.754. The fraction of sp³-hybridized carbons (Fsp3) is 0.0667. The molecule has 0 aliphatic rings. The largest absolute Gasteiger partial charge is 0.508 e. The summed E-state index contributed by atoms with van der Waals surface area (Å²) < 4.78 is 38.1. The summed E-state index contributed by atoms with van der Waals surface area (Å²) in [6.45, 7) is 0. The first-order valence-corrected chi connectivity index (χ1v) is 5.61. The first-order chi connectivity index (χ1) is 9.06. The minimum absolute atomic E-state index is 0.152. The van der Waals surface area contributed by atoms with E-state index in [1.165, 1.54) is 18.2 Å². The van der Waals surface area contributed by atoms with Gasteiger partial charge in [-0.05, 0) is 35.4 Å². The third kappa shape index (κ3) is 3.37. The van der Waals surface area contributed by atoms with Gasteiger partial charge < -0.3 is 5.11 Å². The number of phenols is 1. The van der Waals surface area contributed by atoms with Crippen molar-refractivity contribution < 1.29 is 18.3 Å². The van der Waals surface area contributed by atoms with Crippen molar-refractivity contribution in [2.24, 2.45) is 0 Å². The molecule has 0 fully saturated rings. The van der Waals surface area contributed by atoms with Crippen LogP contribution in [0.25, 0.3) is 12.2 Å². The van der Waals surface area contributed by atoms with Crippen LogP contribution in [0.3, 0.4) is 0 Å². The second-order valence-corrected chi connectivity index (χ2v) is 4.01. The summed E-state index contributed by atoms with van der Waals surface area (Å²) in [4.78, 5) is 0. The van der Waals surface area contributed by atoms with E-state index in [1.807, 2.05) is 0 Å². The second-order valence-electron chi connectivity index (χ2n) is 4.01. The van der Waals surface area contributed by atoms with E-state index in [-0.39, 0.29) is 5.75 Å². The van der Waals surface area contributed by atoms with Gasteiger partial charge >= 0.3 is 0 Å². The SMILES string of the molecule is Oc1ccc(/C=C/c2ccc(F)c(C(F)F)c2)cc1.